The van der Waals surface area contributed by atoms with Gasteiger partial charge >= 0.3 is 6.18 Å². The largest absolute Gasteiger partial charge is 0.434 e. The molecule has 0 aliphatic heterocycles. The van der Waals surface area contributed by atoms with Crippen LogP contribution in [-0.4, -0.2) is 29.0 Å². The molecule has 0 saturated heterocycles. The number of alkyl halides is 3. The molecule has 0 bridgehead atoms. The Bertz CT molecular complexity index is 693. The van der Waals surface area contributed by atoms with Crippen molar-refractivity contribution in [2.45, 2.75) is 39.4 Å². The van der Waals surface area contributed by atoms with Gasteiger partial charge in [-0.3, -0.25) is 0 Å². The number of guanidine groups is 1. The second kappa shape index (κ2) is 9.14. The molecule has 0 aliphatic rings. The predicted molar refractivity (Wildman–Crippen MR) is 95.1 cm³/mol. The van der Waals surface area contributed by atoms with Gasteiger partial charge in [-0.25, -0.2) is 15.0 Å². The Labute approximate surface area is 152 Å². The van der Waals surface area contributed by atoms with Gasteiger partial charge in [0, 0.05) is 36.0 Å². The van der Waals surface area contributed by atoms with E-state index in [1.54, 1.807) is 11.3 Å². The first-order chi connectivity index (χ1) is 11.9. The van der Waals surface area contributed by atoms with Gasteiger partial charge in [0.15, 0.2) is 11.7 Å². The summed E-state index contributed by atoms with van der Waals surface area (Å²) in [6.07, 6.45) is -2.63. The zero-order chi connectivity index (χ0) is 18.3. The normalized spacial score (nSPS) is 12.4. The van der Waals surface area contributed by atoms with E-state index in [0.717, 1.165) is 40.3 Å². The maximum Gasteiger partial charge on any atom is 0.434 e. The molecule has 138 valence electrons. The van der Waals surface area contributed by atoms with E-state index in [4.69, 9.17) is 0 Å². The van der Waals surface area contributed by atoms with Gasteiger partial charge in [0.25, 0.3) is 0 Å². The van der Waals surface area contributed by atoms with Crippen molar-refractivity contribution >= 4 is 28.6 Å². The average molecular weight is 391 g/mol. The monoisotopic (exact) mass is 391 g/mol. The van der Waals surface area contributed by atoms with E-state index in [9.17, 15) is 13.2 Å². The summed E-state index contributed by atoms with van der Waals surface area (Å²) in [4.78, 5) is 12.3. The van der Waals surface area contributed by atoms with Crippen LogP contribution in [0.4, 0.5) is 13.2 Å². The lowest BCUT2D eigenvalue weighted by Gasteiger charge is -2.10. The van der Waals surface area contributed by atoms with Crippen molar-refractivity contribution in [3.05, 3.63) is 32.2 Å². The number of rotatable bonds is 7. The van der Waals surface area contributed by atoms with E-state index < -0.39 is 11.9 Å². The number of hydrogen-bond acceptors (Lipinski definition) is 5. The summed E-state index contributed by atoms with van der Waals surface area (Å²) in [5.74, 6) is 0.571. The van der Waals surface area contributed by atoms with Gasteiger partial charge in [-0.15, -0.1) is 22.7 Å². The molecule has 0 aliphatic carbocycles. The van der Waals surface area contributed by atoms with E-state index in [1.165, 1.54) is 0 Å². The van der Waals surface area contributed by atoms with Crippen LogP contribution in [0.15, 0.2) is 15.8 Å². The number of aryl methyl sites for hydroxylation is 2. The molecule has 0 atom stereocenters. The van der Waals surface area contributed by atoms with E-state index in [-0.39, 0.29) is 6.54 Å². The highest BCUT2D eigenvalue weighted by molar-refractivity contribution is 7.09. The fraction of sp³-hybridized carbons (Fsp3) is 0.533. The molecule has 2 rings (SSSR count). The summed E-state index contributed by atoms with van der Waals surface area (Å²) in [5.41, 5.74) is 0.170. The highest BCUT2D eigenvalue weighted by Gasteiger charge is 2.33. The smallest absolute Gasteiger partial charge is 0.357 e. The number of nitrogens with one attached hydrogen (secondary N) is 2. The summed E-state index contributed by atoms with van der Waals surface area (Å²) in [6.45, 7) is 5.39. The quantitative estimate of drug-likeness (QED) is 0.430. The fourth-order valence-electron chi connectivity index (χ4n) is 1.97. The molecule has 0 radical (unpaired) electrons. The first-order valence-corrected chi connectivity index (χ1v) is 9.59. The molecule has 0 amide bonds. The average Bonchev–Trinajstić information content (AvgIpc) is 3.17. The van der Waals surface area contributed by atoms with Crippen LogP contribution in [0.3, 0.4) is 0 Å². The number of aromatic nitrogens is 2. The molecule has 10 heteroatoms. The molecule has 0 unspecified atom stereocenters. The summed E-state index contributed by atoms with van der Waals surface area (Å²) in [5, 5.41) is 10.7. The first-order valence-electron chi connectivity index (χ1n) is 7.83. The van der Waals surface area contributed by atoms with Crippen LogP contribution in [0.1, 0.15) is 34.7 Å². The zero-order valence-corrected chi connectivity index (χ0v) is 15.6. The first kappa shape index (κ1) is 19.6. The van der Waals surface area contributed by atoms with Crippen molar-refractivity contribution in [3.8, 4) is 0 Å². The Kier molecular flexibility index (Phi) is 7.18. The lowest BCUT2D eigenvalue weighted by molar-refractivity contribution is -0.140. The summed E-state index contributed by atoms with van der Waals surface area (Å²) in [6, 6.07) is 0. The molecule has 0 fully saturated rings. The second-order valence-corrected chi connectivity index (χ2v) is 7.12. The number of thiazole rings is 2. The van der Waals surface area contributed by atoms with Crippen molar-refractivity contribution in [2.24, 2.45) is 4.99 Å². The Morgan fingerprint density at radius 2 is 1.92 bits per heavy atom. The third kappa shape index (κ3) is 6.62. The van der Waals surface area contributed by atoms with Crippen LogP contribution in [0.25, 0.3) is 0 Å². The lowest BCUT2D eigenvalue weighted by atomic mass is 10.3. The standard InChI is InChI=1S/C15H20F3N5S2/c1-3-19-14(20-6-4-5-12-22-10(2)8-24-12)21-7-13-23-11(9-25-13)15(16,17)18/h8-9H,3-7H2,1-2H3,(H2,19,20,21). The fourth-order valence-corrected chi connectivity index (χ4v) is 3.51. The van der Waals surface area contributed by atoms with Gasteiger partial charge in [-0.05, 0) is 20.3 Å². The molecular formula is C15H20F3N5S2. The molecule has 0 saturated carbocycles. The number of aliphatic imine (C=N–C) groups is 1. The van der Waals surface area contributed by atoms with Crippen LogP contribution < -0.4 is 10.6 Å². The summed E-state index contributed by atoms with van der Waals surface area (Å²) < 4.78 is 37.6. The molecule has 2 aromatic rings. The van der Waals surface area contributed by atoms with Crippen LogP contribution in [0.5, 0.6) is 0 Å². The highest BCUT2D eigenvalue weighted by atomic mass is 32.1. The maximum atomic E-state index is 12.5. The lowest BCUT2D eigenvalue weighted by Crippen LogP contribution is -2.37. The molecule has 2 aromatic heterocycles. The van der Waals surface area contributed by atoms with E-state index in [2.05, 4.69) is 25.6 Å². The molecule has 2 heterocycles. The van der Waals surface area contributed by atoms with Crippen LogP contribution in [0, 0.1) is 6.92 Å². The summed E-state index contributed by atoms with van der Waals surface area (Å²) >= 11 is 2.61. The van der Waals surface area contributed by atoms with Crippen molar-refractivity contribution < 1.29 is 13.2 Å². The Balaban J connectivity index is 1.82. The third-order valence-corrected chi connectivity index (χ3v) is 4.95. The molecule has 0 aromatic carbocycles. The number of hydrogen-bond donors (Lipinski definition) is 2. The van der Waals surface area contributed by atoms with Gasteiger partial charge in [-0.1, -0.05) is 0 Å². The minimum Gasteiger partial charge on any atom is -0.357 e. The van der Waals surface area contributed by atoms with Gasteiger partial charge in [0.05, 0.1) is 11.6 Å². The molecular weight excluding hydrogens is 371 g/mol. The number of nitrogens with zero attached hydrogens (tertiary/aromatic N) is 3. The van der Waals surface area contributed by atoms with Crippen LogP contribution >= 0.6 is 22.7 Å². The van der Waals surface area contributed by atoms with Gasteiger partial charge in [0.1, 0.15) is 5.01 Å². The van der Waals surface area contributed by atoms with Gasteiger partial charge < -0.3 is 10.6 Å². The van der Waals surface area contributed by atoms with Gasteiger partial charge in [-0.2, -0.15) is 13.2 Å². The summed E-state index contributed by atoms with van der Waals surface area (Å²) in [7, 11) is 0. The van der Waals surface area contributed by atoms with Gasteiger partial charge in [0.2, 0.25) is 0 Å². The molecule has 2 N–H and O–H groups in total. The van der Waals surface area contributed by atoms with E-state index in [0.29, 0.717) is 24.1 Å². The zero-order valence-electron chi connectivity index (χ0n) is 14.0. The second-order valence-electron chi connectivity index (χ2n) is 5.23. The molecule has 0 spiro atoms. The van der Waals surface area contributed by atoms with E-state index >= 15 is 0 Å². The Morgan fingerprint density at radius 1 is 1.16 bits per heavy atom. The minimum absolute atomic E-state index is 0.113. The number of halogens is 3. The third-order valence-electron chi connectivity index (χ3n) is 3.09. The molecule has 5 nitrogen and oxygen atoms in total. The van der Waals surface area contributed by atoms with Crippen molar-refractivity contribution in [1.82, 2.24) is 20.6 Å². The highest BCUT2D eigenvalue weighted by Crippen LogP contribution is 2.30. The Hall–Kier alpha value is -1.68. The van der Waals surface area contributed by atoms with Crippen molar-refractivity contribution in [2.75, 3.05) is 13.1 Å². The maximum absolute atomic E-state index is 12.5. The minimum atomic E-state index is -4.41. The SMILES string of the molecule is CCNC(=NCc1nc(C(F)(F)F)cs1)NCCCc1nc(C)cs1. The Morgan fingerprint density at radius 3 is 2.52 bits per heavy atom. The topological polar surface area (TPSA) is 62.2 Å². The predicted octanol–water partition coefficient (Wildman–Crippen LogP) is 3.61. The van der Waals surface area contributed by atoms with Crippen molar-refractivity contribution in [1.29, 1.82) is 0 Å². The van der Waals surface area contributed by atoms with Crippen molar-refractivity contribution in [3.63, 3.8) is 0 Å². The van der Waals surface area contributed by atoms with Crippen LogP contribution in [-0.2, 0) is 19.1 Å². The van der Waals surface area contributed by atoms with Crippen LogP contribution in [0.2, 0.25) is 0 Å². The molecule has 25 heavy (non-hydrogen) atoms. The van der Waals surface area contributed by atoms with E-state index in [1.807, 2.05) is 19.2 Å².